The Bertz CT molecular complexity index is 571. The molecular formula is C15H17ClN2O2. The third-order valence-corrected chi connectivity index (χ3v) is 3.07. The van der Waals surface area contributed by atoms with Gasteiger partial charge in [0, 0.05) is 10.9 Å². The lowest BCUT2D eigenvalue weighted by atomic mass is 10.2. The van der Waals surface area contributed by atoms with Crippen LogP contribution in [0.1, 0.15) is 36.8 Å². The zero-order valence-corrected chi connectivity index (χ0v) is 12.3. The molecule has 0 bridgehead atoms. The van der Waals surface area contributed by atoms with Crippen molar-refractivity contribution in [2.75, 3.05) is 0 Å². The SMILES string of the molecule is CC(C)c1ncc(OCc2ccc(Cl)cc2)c(CO)n1. The molecule has 0 radical (unpaired) electrons. The number of hydrogen-bond donors (Lipinski definition) is 1. The van der Waals surface area contributed by atoms with Crippen molar-refractivity contribution < 1.29 is 9.84 Å². The highest BCUT2D eigenvalue weighted by molar-refractivity contribution is 6.30. The minimum atomic E-state index is -0.168. The van der Waals surface area contributed by atoms with Crippen molar-refractivity contribution in [2.45, 2.75) is 33.0 Å². The Morgan fingerprint density at radius 1 is 1.25 bits per heavy atom. The van der Waals surface area contributed by atoms with Gasteiger partial charge in [-0.1, -0.05) is 37.6 Å². The summed E-state index contributed by atoms with van der Waals surface area (Å²) in [6, 6.07) is 7.41. The summed E-state index contributed by atoms with van der Waals surface area (Å²) in [5.74, 6) is 1.42. The van der Waals surface area contributed by atoms with Gasteiger partial charge in [-0.05, 0) is 17.7 Å². The normalized spacial score (nSPS) is 10.8. The van der Waals surface area contributed by atoms with Crippen LogP contribution in [0.15, 0.2) is 30.5 Å². The fourth-order valence-electron chi connectivity index (χ4n) is 1.68. The van der Waals surface area contributed by atoms with E-state index in [2.05, 4.69) is 9.97 Å². The molecule has 0 saturated carbocycles. The van der Waals surface area contributed by atoms with Gasteiger partial charge < -0.3 is 9.84 Å². The molecule has 0 aliphatic rings. The van der Waals surface area contributed by atoms with Crippen LogP contribution in [-0.2, 0) is 13.2 Å². The molecule has 1 aromatic carbocycles. The van der Waals surface area contributed by atoms with Crippen LogP contribution < -0.4 is 4.74 Å². The third-order valence-electron chi connectivity index (χ3n) is 2.82. The zero-order valence-electron chi connectivity index (χ0n) is 11.5. The topological polar surface area (TPSA) is 55.2 Å². The van der Waals surface area contributed by atoms with E-state index in [0.29, 0.717) is 28.9 Å². The van der Waals surface area contributed by atoms with Gasteiger partial charge in [0.2, 0.25) is 0 Å². The van der Waals surface area contributed by atoms with Crippen LogP contribution in [0.5, 0.6) is 5.75 Å². The van der Waals surface area contributed by atoms with Crippen molar-refractivity contribution >= 4 is 11.6 Å². The predicted octanol–water partition coefficient (Wildman–Crippen LogP) is 3.32. The molecule has 1 aromatic heterocycles. The van der Waals surface area contributed by atoms with Crippen LogP contribution in [0.2, 0.25) is 5.02 Å². The summed E-state index contributed by atoms with van der Waals surface area (Å²) in [5.41, 5.74) is 1.50. The summed E-state index contributed by atoms with van der Waals surface area (Å²) in [6.07, 6.45) is 1.61. The summed E-state index contributed by atoms with van der Waals surface area (Å²) < 4.78 is 5.66. The van der Waals surface area contributed by atoms with Gasteiger partial charge in [0.05, 0.1) is 12.8 Å². The molecule has 5 heteroatoms. The maximum atomic E-state index is 9.37. The van der Waals surface area contributed by atoms with Crippen molar-refractivity contribution in [1.29, 1.82) is 0 Å². The fourth-order valence-corrected chi connectivity index (χ4v) is 1.80. The Hall–Kier alpha value is -1.65. The summed E-state index contributed by atoms with van der Waals surface area (Å²) in [7, 11) is 0. The minimum absolute atomic E-state index is 0.168. The Labute approximate surface area is 123 Å². The molecule has 0 saturated heterocycles. The zero-order chi connectivity index (χ0) is 14.5. The number of aliphatic hydroxyl groups is 1. The molecule has 0 aliphatic carbocycles. The van der Waals surface area contributed by atoms with Gasteiger partial charge in [0.25, 0.3) is 0 Å². The molecule has 106 valence electrons. The average Bonchev–Trinajstić information content (AvgIpc) is 2.46. The van der Waals surface area contributed by atoms with Crippen molar-refractivity contribution in [1.82, 2.24) is 9.97 Å². The van der Waals surface area contributed by atoms with E-state index >= 15 is 0 Å². The van der Waals surface area contributed by atoms with Crippen LogP contribution >= 0.6 is 11.6 Å². The van der Waals surface area contributed by atoms with E-state index in [1.165, 1.54) is 0 Å². The number of halogens is 1. The number of aliphatic hydroxyl groups excluding tert-OH is 1. The lowest BCUT2D eigenvalue weighted by Gasteiger charge is -2.11. The molecular weight excluding hydrogens is 276 g/mol. The highest BCUT2D eigenvalue weighted by Gasteiger charge is 2.10. The second-order valence-electron chi connectivity index (χ2n) is 4.77. The predicted molar refractivity (Wildman–Crippen MR) is 77.8 cm³/mol. The number of rotatable bonds is 5. The first kappa shape index (κ1) is 14.8. The molecule has 0 amide bonds. The van der Waals surface area contributed by atoms with E-state index in [1.807, 2.05) is 38.1 Å². The van der Waals surface area contributed by atoms with E-state index in [0.717, 1.165) is 5.56 Å². The van der Waals surface area contributed by atoms with Gasteiger partial charge in [0.1, 0.15) is 18.1 Å². The van der Waals surface area contributed by atoms with Crippen molar-refractivity contribution in [3.63, 3.8) is 0 Å². The third kappa shape index (κ3) is 3.68. The molecule has 0 atom stereocenters. The molecule has 4 nitrogen and oxygen atoms in total. The van der Waals surface area contributed by atoms with Crippen LogP contribution in [0, 0.1) is 0 Å². The second kappa shape index (κ2) is 6.68. The average molecular weight is 293 g/mol. The second-order valence-corrected chi connectivity index (χ2v) is 5.20. The lowest BCUT2D eigenvalue weighted by Crippen LogP contribution is -2.06. The quantitative estimate of drug-likeness (QED) is 0.918. The molecule has 0 unspecified atom stereocenters. The maximum Gasteiger partial charge on any atom is 0.162 e. The summed E-state index contributed by atoms with van der Waals surface area (Å²) in [6.45, 7) is 4.22. The van der Waals surface area contributed by atoms with Gasteiger partial charge in [0.15, 0.2) is 5.75 Å². The van der Waals surface area contributed by atoms with Crippen molar-refractivity contribution in [2.24, 2.45) is 0 Å². The highest BCUT2D eigenvalue weighted by atomic mass is 35.5. The van der Waals surface area contributed by atoms with Crippen molar-refractivity contribution in [3.8, 4) is 5.75 Å². The Balaban J connectivity index is 2.10. The standard InChI is InChI=1S/C15H17ClN2O2/c1-10(2)15-17-7-14(13(8-19)18-15)20-9-11-3-5-12(16)6-4-11/h3-7,10,19H,8-9H2,1-2H3. The number of benzene rings is 1. The number of nitrogens with zero attached hydrogens (tertiary/aromatic N) is 2. The first-order valence-corrected chi connectivity index (χ1v) is 6.82. The van der Waals surface area contributed by atoms with Crippen LogP contribution in [0.25, 0.3) is 0 Å². The van der Waals surface area contributed by atoms with Gasteiger partial charge in [-0.2, -0.15) is 0 Å². The fraction of sp³-hybridized carbons (Fsp3) is 0.333. The highest BCUT2D eigenvalue weighted by Crippen LogP contribution is 2.20. The summed E-state index contributed by atoms with van der Waals surface area (Å²) >= 11 is 5.83. The smallest absolute Gasteiger partial charge is 0.162 e. The lowest BCUT2D eigenvalue weighted by molar-refractivity contribution is 0.251. The molecule has 1 heterocycles. The minimum Gasteiger partial charge on any atom is -0.485 e. The molecule has 1 N–H and O–H groups in total. The van der Waals surface area contributed by atoms with E-state index < -0.39 is 0 Å². The summed E-state index contributed by atoms with van der Waals surface area (Å²) in [4.78, 5) is 8.55. The van der Waals surface area contributed by atoms with Crippen LogP contribution in [-0.4, -0.2) is 15.1 Å². The van der Waals surface area contributed by atoms with Gasteiger partial charge in [-0.25, -0.2) is 9.97 Å². The first-order valence-electron chi connectivity index (χ1n) is 6.44. The summed E-state index contributed by atoms with van der Waals surface area (Å²) in [5, 5.41) is 10.1. The first-order chi connectivity index (χ1) is 9.60. The molecule has 0 aliphatic heterocycles. The van der Waals surface area contributed by atoms with Crippen LogP contribution in [0.3, 0.4) is 0 Å². The molecule has 0 fully saturated rings. The van der Waals surface area contributed by atoms with Gasteiger partial charge in [-0.15, -0.1) is 0 Å². The van der Waals surface area contributed by atoms with E-state index in [1.54, 1.807) is 6.20 Å². The monoisotopic (exact) mass is 292 g/mol. The molecule has 20 heavy (non-hydrogen) atoms. The largest absolute Gasteiger partial charge is 0.485 e. The maximum absolute atomic E-state index is 9.37. The number of hydrogen-bond acceptors (Lipinski definition) is 4. The molecule has 2 rings (SSSR count). The van der Waals surface area contributed by atoms with Crippen LogP contribution in [0.4, 0.5) is 0 Å². The number of aromatic nitrogens is 2. The molecule has 0 spiro atoms. The Morgan fingerprint density at radius 3 is 2.55 bits per heavy atom. The Morgan fingerprint density at radius 2 is 1.95 bits per heavy atom. The van der Waals surface area contributed by atoms with E-state index in [4.69, 9.17) is 16.3 Å². The number of ether oxygens (including phenoxy) is 1. The van der Waals surface area contributed by atoms with E-state index in [9.17, 15) is 5.11 Å². The molecule has 2 aromatic rings. The van der Waals surface area contributed by atoms with Crippen molar-refractivity contribution in [3.05, 3.63) is 52.6 Å². The van der Waals surface area contributed by atoms with Gasteiger partial charge >= 0.3 is 0 Å². The van der Waals surface area contributed by atoms with Gasteiger partial charge in [-0.3, -0.25) is 0 Å². The Kier molecular flexibility index (Phi) is 4.93. The van der Waals surface area contributed by atoms with E-state index in [-0.39, 0.29) is 12.5 Å².